The Morgan fingerprint density at radius 2 is 1.89 bits per heavy atom. The number of rotatable bonds is 1. The molecular formula is C10H4F3NO4. The number of alkyl halides is 3. The molecule has 0 aliphatic heterocycles. The van der Waals surface area contributed by atoms with Crippen molar-refractivity contribution in [3.8, 4) is 0 Å². The van der Waals surface area contributed by atoms with Crippen LogP contribution < -0.4 is 5.63 Å². The third-order valence-corrected chi connectivity index (χ3v) is 2.31. The van der Waals surface area contributed by atoms with Crippen LogP contribution in [0.3, 0.4) is 0 Å². The van der Waals surface area contributed by atoms with Crippen LogP contribution >= 0.6 is 0 Å². The highest BCUT2D eigenvalue weighted by atomic mass is 19.4. The first-order valence-corrected chi connectivity index (χ1v) is 4.58. The van der Waals surface area contributed by atoms with E-state index >= 15 is 0 Å². The van der Waals surface area contributed by atoms with E-state index in [1.165, 1.54) is 0 Å². The van der Waals surface area contributed by atoms with Gasteiger partial charge in [0.1, 0.15) is 0 Å². The Labute approximate surface area is 96.6 Å². The maximum atomic E-state index is 12.5. The lowest BCUT2D eigenvalue weighted by molar-refractivity contribution is -0.383. The second-order valence-corrected chi connectivity index (χ2v) is 3.42. The van der Waals surface area contributed by atoms with Gasteiger partial charge < -0.3 is 4.42 Å². The summed E-state index contributed by atoms with van der Waals surface area (Å²) < 4.78 is 42.0. The fourth-order valence-electron chi connectivity index (χ4n) is 1.52. The van der Waals surface area contributed by atoms with Gasteiger partial charge in [-0.2, -0.15) is 13.2 Å². The number of halogens is 3. The molecule has 0 spiro atoms. The summed E-state index contributed by atoms with van der Waals surface area (Å²) in [7, 11) is 0. The van der Waals surface area contributed by atoms with Gasteiger partial charge in [0.25, 0.3) is 5.69 Å². The van der Waals surface area contributed by atoms with Gasteiger partial charge >= 0.3 is 11.8 Å². The minimum Gasteiger partial charge on any atom is -0.431 e. The van der Waals surface area contributed by atoms with Crippen LogP contribution in [-0.4, -0.2) is 4.92 Å². The monoisotopic (exact) mass is 259 g/mol. The lowest BCUT2D eigenvalue weighted by atomic mass is 10.1. The standard InChI is InChI=1S/C10H4F3NO4/c11-10(12,13)5-3-7-6(1-2-18-9(7)15)8(4-5)14(16)17/h1-4H. The molecule has 0 fully saturated rings. The molecule has 18 heavy (non-hydrogen) atoms. The first-order chi connectivity index (χ1) is 8.30. The van der Waals surface area contributed by atoms with Crippen LogP contribution in [0.5, 0.6) is 0 Å². The van der Waals surface area contributed by atoms with Crippen molar-refractivity contribution < 1.29 is 22.5 Å². The van der Waals surface area contributed by atoms with Crippen LogP contribution in [0.4, 0.5) is 18.9 Å². The molecule has 2 rings (SSSR count). The lowest BCUT2D eigenvalue weighted by Crippen LogP contribution is -2.08. The molecule has 0 amide bonds. The molecule has 2 aromatic rings. The van der Waals surface area contributed by atoms with Gasteiger partial charge in [-0.25, -0.2) is 4.79 Å². The average molecular weight is 259 g/mol. The van der Waals surface area contributed by atoms with Crippen LogP contribution in [-0.2, 0) is 6.18 Å². The summed E-state index contributed by atoms with van der Waals surface area (Å²) in [5.74, 6) is 0. The van der Waals surface area contributed by atoms with Crippen molar-refractivity contribution in [2.24, 2.45) is 0 Å². The highest BCUT2D eigenvalue weighted by Crippen LogP contribution is 2.35. The number of hydrogen-bond donors (Lipinski definition) is 0. The van der Waals surface area contributed by atoms with E-state index in [2.05, 4.69) is 4.42 Å². The summed E-state index contributed by atoms with van der Waals surface area (Å²) in [6.45, 7) is 0. The third kappa shape index (κ3) is 1.92. The minimum absolute atomic E-state index is 0.191. The van der Waals surface area contributed by atoms with Crippen molar-refractivity contribution >= 4 is 16.5 Å². The van der Waals surface area contributed by atoms with Crippen LogP contribution in [0.25, 0.3) is 10.8 Å². The fraction of sp³-hybridized carbons (Fsp3) is 0.100. The van der Waals surface area contributed by atoms with Gasteiger partial charge in [0.2, 0.25) is 0 Å². The van der Waals surface area contributed by atoms with Crippen LogP contribution in [0.1, 0.15) is 5.56 Å². The molecule has 1 aromatic heterocycles. The summed E-state index contributed by atoms with van der Waals surface area (Å²) in [6.07, 6.45) is -3.88. The molecule has 0 N–H and O–H groups in total. The zero-order valence-corrected chi connectivity index (χ0v) is 8.52. The largest absolute Gasteiger partial charge is 0.431 e. The lowest BCUT2D eigenvalue weighted by Gasteiger charge is -2.07. The number of fused-ring (bicyclic) bond motifs is 1. The molecule has 0 aliphatic carbocycles. The normalized spacial score (nSPS) is 11.7. The molecule has 0 saturated heterocycles. The molecule has 1 aromatic carbocycles. The second-order valence-electron chi connectivity index (χ2n) is 3.42. The van der Waals surface area contributed by atoms with E-state index in [1.807, 2.05) is 0 Å². The first-order valence-electron chi connectivity index (χ1n) is 4.58. The number of nitro benzene ring substituents is 1. The molecule has 0 saturated carbocycles. The van der Waals surface area contributed by atoms with Gasteiger partial charge in [-0.15, -0.1) is 0 Å². The van der Waals surface area contributed by atoms with Gasteiger partial charge in [-0.05, 0) is 12.1 Å². The number of nitrogens with zero attached hydrogens (tertiary/aromatic N) is 1. The van der Waals surface area contributed by atoms with Crippen molar-refractivity contribution in [1.82, 2.24) is 0 Å². The zero-order chi connectivity index (χ0) is 13.5. The summed E-state index contributed by atoms with van der Waals surface area (Å²) in [5, 5.41) is 10.0. The molecule has 0 radical (unpaired) electrons. The number of non-ortho nitro benzene ring substituents is 1. The van der Waals surface area contributed by atoms with Gasteiger partial charge in [-0.3, -0.25) is 10.1 Å². The highest BCUT2D eigenvalue weighted by Gasteiger charge is 2.33. The van der Waals surface area contributed by atoms with Crippen molar-refractivity contribution in [3.63, 3.8) is 0 Å². The van der Waals surface area contributed by atoms with Crippen molar-refractivity contribution in [2.45, 2.75) is 6.18 Å². The van der Waals surface area contributed by atoms with Crippen LogP contribution in [0.2, 0.25) is 0 Å². The SMILES string of the molecule is O=c1occc2c([N+](=O)[O-])cc(C(F)(F)F)cc12. The molecule has 94 valence electrons. The molecule has 0 atom stereocenters. The Bertz CT molecular complexity index is 690. The smallest absolute Gasteiger partial charge is 0.416 e. The molecule has 1 heterocycles. The molecule has 0 unspecified atom stereocenters. The van der Waals surface area contributed by atoms with E-state index in [1.54, 1.807) is 0 Å². The predicted octanol–water partition coefficient (Wildman–Crippen LogP) is 2.72. The van der Waals surface area contributed by atoms with Crippen molar-refractivity contribution in [1.29, 1.82) is 0 Å². The van der Waals surface area contributed by atoms with Gasteiger partial charge in [0, 0.05) is 6.07 Å². The number of benzene rings is 1. The van der Waals surface area contributed by atoms with E-state index < -0.39 is 33.4 Å². The Kier molecular flexibility index (Phi) is 2.57. The van der Waals surface area contributed by atoms with E-state index in [0.717, 1.165) is 12.3 Å². The van der Waals surface area contributed by atoms with Gasteiger partial charge in [0.05, 0.1) is 27.5 Å². The molecule has 8 heteroatoms. The Balaban J connectivity index is 2.93. The van der Waals surface area contributed by atoms with E-state index in [9.17, 15) is 28.1 Å². The fourth-order valence-corrected chi connectivity index (χ4v) is 1.52. The maximum absolute atomic E-state index is 12.5. The highest BCUT2D eigenvalue weighted by molar-refractivity contribution is 5.90. The average Bonchev–Trinajstić information content (AvgIpc) is 2.27. The van der Waals surface area contributed by atoms with Crippen LogP contribution in [0, 0.1) is 10.1 Å². The summed E-state index contributed by atoms with van der Waals surface area (Å²) in [5.41, 5.74) is -3.10. The Hall–Kier alpha value is -2.38. The van der Waals surface area contributed by atoms with Crippen molar-refractivity contribution in [2.75, 3.05) is 0 Å². The summed E-state index contributed by atoms with van der Waals surface area (Å²) >= 11 is 0. The van der Waals surface area contributed by atoms with Crippen molar-refractivity contribution in [3.05, 3.63) is 50.6 Å². The maximum Gasteiger partial charge on any atom is 0.416 e. The molecule has 5 nitrogen and oxygen atoms in total. The first kappa shape index (κ1) is 12.1. The van der Waals surface area contributed by atoms with Gasteiger partial charge in [-0.1, -0.05) is 0 Å². The third-order valence-electron chi connectivity index (χ3n) is 2.31. The second kappa shape index (κ2) is 3.83. The predicted molar refractivity (Wildman–Crippen MR) is 54.1 cm³/mol. The Morgan fingerprint density at radius 3 is 2.44 bits per heavy atom. The summed E-state index contributed by atoms with van der Waals surface area (Å²) in [6, 6.07) is 2.00. The molecule has 0 bridgehead atoms. The van der Waals surface area contributed by atoms with E-state index in [-0.39, 0.29) is 5.39 Å². The number of hydrogen-bond acceptors (Lipinski definition) is 4. The zero-order valence-electron chi connectivity index (χ0n) is 8.52. The van der Waals surface area contributed by atoms with E-state index in [0.29, 0.717) is 12.1 Å². The molecule has 0 aliphatic rings. The topological polar surface area (TPSA) is 73.3 Å². The Morgan fingerprint density at radius 1 is 1.22 bits per heavy atom. The summed E-state index contributed by atoms with van der Waals surface area (Å²) in [4.78, 5) is 21.0. The molecular weight excluding hydrogens is 255 g/mol. The van der Waals surface area contributed by atoms with Gasteiger partial charge in [0.15, 0.2) is 0 Å². The minimum atomic E-state index is -4.78. The number of nitro groups is 1. The quantitative estimate of drug-likeness (QED) is 0.583. The van der Waals surface area contributed by atoms with Crippen LogP contribution in [0.15, 0.2) is 33.7 Å². The van der Waals surface area contributed by atoms with E-state index in [4.69, 9.17) is 0 Å².